The highest BCUT2D eigenvalue weighted by Gasteiger charge is 2.23. The van der Waals surface area contributed by atoms with Gasteiger partial charge < -0.3 is 4.90 Å². The predicted molar refractivity (Wildman–Crippen MR) is 97.9 cm³/mol. The first-order chi connectivity index (χ1) is 12.8. The summed E-state index contributed by atoms with van der Waals surface area (Å²) in [7, 11) is 0. The maximum atomic E-state index is 12.7. The van der Waals surface area contributed by atoms with Gasteiger partial charge in [-0.3, -0.25) is 4.79 Å². The van der Waals surface area contributed by atoms with E-state index in [1.165, 1.54) is 11.9 Å². The zero-order valence-corrected chi connectivity index (χ0v) is 14.5. The van der Waals surface area contributed by atoms with E-state index in [1.54, 1.807) is 4.68 Å². The van der Waals surface area contributed by atoms with Gasteiger partial charge in [0.2, 0.25) is 0 Å². The van der Waals surface area contributed by atoms with Gasteiger partial charge in [-0.2, -0.15) is 0 Å². The van der Waals surface area contributed by atoms with E-state index in [2.05, 4.69) is 45.9 Å². The minimum atomic E-state index is 0.103. The van der Waals surface area contributed by atoms with E-state index in [-0.39, 0.29) is 5.91 Å². The number of hydrogen-bond donors (Lipinski definition) is 0. The van der Waals surface area contributed by atoms with Crippen LogP contribution < -0.4 is 0 Å². The third-order valence-electron chi connectivity index (χ3n) is 5.00. The fourth-order valence-electron chi connectivity index (χ4n) is 3.51. The molecule has 1 amide bonds. The summed E-state index contributed by atoms with van der Waals surface area (Å²) in [5, 5.41) is 11.1. The number of piperidine rings is 1. The SMILES string of the molecule is O=C(c1ccc(-n2cnnn2)cc1)N1CCC(Cc2ccccc2)CC1. The van der Waals surface area contributed by atoms with Crippen LogP contribution in [-0.2, 0) is 6.42 Å². The van der Waals surface area contributed by atoms with Gasteiger partial charge in [0, 0.05) is 18.7 Å². The van der Waals surface area contributed by atoms with Crippen LogP contribution in [-0.4, -0.2) is 44.1 Å². The molecule has 0 N–H and O–H groups in total. The molecule has 1 aromatic heterocycles. The summed E-state index contributed by atoms with van der Waals surface area (Å²) < 4.78 is 1.57. The fourth-order valence-corrected chi connectivity index (χ4v) is 3.51. The van der Waals surface area contributed by atoms with Crippen LogP contribution in [0.3, 0.4) is 0 Å². The molecule has 1 saturated heterocycles. The number of hydrogen-bond acceptors (Lipinski definition) is 4. The average Bonchev–Trinajstić information content (AvgIpc) is 3.24. The average molecular weight is 347 g/mol. The van der Waals surface area contributed by atoms with Crippen molar-refractivity contribution in [2.45, 2.75) is 19.3 Å². The minimum Gasteiger partial charge on any atom is -0.339 e. The van der Waals surface area contributed by atoms with Crippen LogP contribution in [0.15, 0.2) is 60.9 Å². The van der Waals surface area contributed by atoms with Crippen LogP contribution in [0.5, 0.6) is 0 Å². The van der Waals surface area contributed by atoms with E-state index in [9.17, 15) is 4.79 Å². The molecular formula is C20H21N5O. The Morgan fingerprint density at radius 3 is 2.38 bits per heavy atom. The van der Waals surface area contributed by atoms with Crippen molar-refractivity contribution in [2.75, 3.05) is 13.1 Å². The van der Waals surface area contributed by atoms with Crippen LogP contribution in [0.25, 0.3) is 5.69 Å². The molecule has 2 heterocycles. The Bertz CT molecular complexity index is 838. The lowest BCUT2D eigenvalue weighted by Gasteiger charge is -2.32. The van der Waals surface area contributed by atoms with Gasteiger partial charge in [-0.05, 0) is 65.4 Å². The van der Waals surface area contributed by atoms with E-state index in [4.69, 9.17) is 0 Å². The Morgan fingerprint density at radius 1 is 1.00 bits per heavy atom. The summed E-state index contributed by atoms with van der Waals surface area (Å²) in [6, 6.07) is 18.0. The van der Waals surface area contributed by atoms with Gasteiger partial charge in [0.25, 0.3) is 5.91 Å². The van der Waals surface area contributed by atoms with E-state index < -0.39 is 0 Å². The lowest BCUT2D eigenvalue weighted by molar-refractivity contribution is 0.0690. The second-order valence-corrected chi connectivity index (χ2v) is 6.73. The second-order valence-electron chi connectivity index (χ2n) is 6.73. The van der Waals surface area contributed by atoms with E-state index in [0.717, 1.165) is 38.0 Å². The summed E-state index contributed by atoms with van der Waals surface area (Å²) in [4.78, 5) is 14.7. The normalized spacial score (nSPS) is 15.2. The van der Waals surface area contributed by atoms with E-state index in [1.807, 2.05) is 29.2 Å². The number of tetrazole rings is 1. The van der Waals surface area contributed by atoms with Gasteiger partial charge in [-0.1, -0.05) is 30.3 Å². The molecule has 0 spiro atoms. The summed E-state index contributed by atoms with van der Waals surface area (Å²) >= 11 is 0. The molecule has 1 fully saturated rings. The van der Waals surface area contributed by atoms with Gasteiger partial charge in [0.05, 0.1) is 5.69 Å². The Balaban J connectivity index is 1.34. The Labute approximate surface area is 152 Å². The molecule has 0 aliphatic carbocycles. The lowest BCUT2D eigenvalue weighted by Crippen LogP contribution is -2.38. The number of likely N-dealkylation sites (tertiary alicyclic amines) is 1. The molecule has 1 aliphatic heterocycles. The third-order valence-corrected chi connectivity index (χ3v) is 5.00. The lowest BCUT2D eigenvalue weighted by atomic mass is 9.90. The molecule has 6 heteroatoms. The topological polar surface area (TPSA) is 63.9 Å². The van der Waals surface area contributed by atoms with Gasteiger partial charge in [-0.25, -0.2) is 4.68 Å². The fraction of sp³-hybridized carbons (Fsp3) is 0.300. The van der Waals surface area contributed by atoms with Crippen molar-refractivity contribution < 1.29 is 4.79 Å². The summed E-state index contributed by atoms with van der Waals surface area (Å²) in [5.41, 5.74) is 2.94. The molecule has 132 valence electrons. The van der Waals surface area contributed by atoms with Gasteiger partial charge >= 0.3 is 0 Å². The number of benzene rings is 2. The molecule has 1 aliphatic rings. The van der Waals surface area contributed by atoms with Crippen molar-refractivity contribution in [1.29, 1.82) is 0 Å². The van der Waals surface area contributed by atoms with Gasteiger partial charge in [0.1, 0.15) is 6.33 Å². The molecule has 0 unspecified atom stereocenters. The smallest absolute Gasteiger partial charge is 0.253 e. The highest BCUT2D eigenvalue weighted by Crippen LogP contribution is 2.23. The highest BCUT2D eigenvalue weighted by molar-refractivity contribution is 5.94. The van der Waals surface area contributed by atoms with E-state index in [0.29, 0.717) is 11.5 Å². The zero-order chi connectivity index (χ0) is 17.8. The van der Waals surface area contributed by atoms with Crippen molar-refractivity contribution in [3.8, 4) is 5.69 Å². The third kappa shape index (κ3) is 3.64. The molecule has 0 atom stereocenters. The van der Waals surface area contributed by atoms with Crippen molar-refractivity contribution in [2.24, 2.45) is 5.92 Å². The van der Waals surface area contributed by atoms with Crippen LogP contribution in [0.4, 0.5) is 0 Å². The number of carbonyl (C=O) groups is 1. The maximum absolute atomic E-state index is 12.7. The number of rotatable bonds is 4. The Hall–Kier alpha value is -3.02. The first kappa shape index (κ1) is 16.4. The van der Waals surface area contributed by atoms with Crippen molar-refractivity contribution in [3.05, 3.63) is 72.1 Å². The molecule has 4 rings (SSSR count). The van der Waals surface area contributed by atoms with Crippen LogP contribution in [0, 0.1) is 5.92 Å². The standard InChI is InChI=1S/C20H21N5O/c26-20(18-6-8-19(9-7-18)25-15-21-22-23-25)24-12-10-17(11-13-24)14-16-4-2-1-3-5-16/h1-9,15,17H,10-14H2. The van der Waals surface area contributed by atoms with Crippen LogP contribution >= 0.6 is 0 Å². The monoisotopic (exact) mass is 347 g/mol. The minimum absolute atomic E-state index is 0.103. The number of nitrogens with zero attached hydrogens (tertiary/aromatic N) is 5. The number of aromatic nitrogens is 4. The molecule has 0 saturated carbocycles. The van der Waals surface area contributed by atoms with Crippen LogP contribution in [0.1, 0.15) is 28.8 Å². The summed E-state index contributed by atoms with van der Waals surface area (Å²) in [6.45, 7) is 1.65. The summed E-state index contributed by atoms with van der Waals surface area (Å²) in [6.07, 6.45) is 4.75. The Kier molecular flexibility index (Phi) is 4.73. The molecule has 6 nitrogen and oxygen atoms in total. The van der Waals surface area contributed by atoms with Gasteiger partial charge in [0.15, 0.2) is 0 Å². The maximum Gasteiger partial charge on any atom is 0.253 e. The molecule has 26 heavy (non-hydrogen) atoms. The molecule has 0 radical (unpaired) electrons. The van der Waals surface area contributed by atoms with E-state index >= 15 is 0 Å². The van der Waals surface area contributed by atoms with Gasteiger partial charge in [-0.15, -0.1) is 5.10 Å². The first-order valence-electron chi connectivity index (χ1n) is 8.96. The predicted octanol–water partition coefficient (Wildman–Crippen LogP) is 2.76. The number of amides is 1. The molecule has 2 aromatic carbocycles. The first-order valence-corrected chi connectivity index (χ1v) is 8.96. The zero-order valence-electron chi connectivity index (χ0n) is 14.5. The molecule has 3 aromatic rings. The van der Waals surface area contributed by atoms with Crippen molar-refractivity contribution in [1.82, 2.24) is 25.1 Å². The van der Waals surface area contributed by atoms with Crippen molar-refractivity contribution in [3.63, 3.8) is 0 Å². The quantitative estimate of drug-likeness (QED) is 0.728. The molecule has 0 bridgehead atoms. The Morgan fingerprint density at radius 2 is 1.73 bits per heavy atom. The second kappa shape index (κ2) is 7.47. The highest BCUT2D eigenvalue weighted by atomic mass is 16.2. The van der Waals surface area contributed by atoms with Crippen LogP contribution in [0.2, 0.25) is 0 Å². The van der Waals surface area contributed by atoms with Crippen molar-refractivity contribution >= 4 is 5.91 Å². The largest absolute Gasteiger partial charge is 0.339 e. The summed E-state index contributed by atoms with van der Waals surface area (Å²) in [5.74, 6) is 0.759. The number of carbonyl (C=O) groups excluding carboxylic acids is 1. The molecular weight excluding hydrogens is 326 g/mol.